The predicted molar refractivity (Wildman–Crippen MR) is 137 cm³/mol. The van der Waals surface area contributed by atoms with E-state index in [4.69, 9.17) is 23.2 Å². The molecule has 1 N–H and O–H groups in total. The van der Waals surface area contributed by atoms with Crippen molar-refractivity contribution in [3.05, 3.63) is 98.8 Å². The fourth-order valence-electron chi connectivity index (χ4n) is 3.46. The number of nitrogens with zero attached hydrogens (tertiary/aromatic N) is 2. The first-order valence-corrected chi connectivity index (χ1v) is 12.2. The average Bonchev–Trinajstić information content (AvgIpc) is 2.82. The number of fused-ring (bicyclic) bond motifs is 1. The van der Waals surface area contributed by atoms with Crippen molar-refractivity contribution >= 4 is 57.5 Å². The van der Waals surface area contributed by atoms with Crippen LogP contribution in [0.2, 0.25) is 10.0 Å². The summed E-state index contributed by atoms with van der Waals surface area (Å²) >= 11 is 13.5. The zero-order valence-corrected chi connectivity index (χ0v) is 20.0. The van der Waals surface area contributed by atoms with E-state index in [1.807, 2.05) is 30.3 Å². The van der Waals surface area contributed by atoms with Crippen molar-refractivity contribution in [3.63, 3.8) is 0 Å². The standard InChI is InChI=1S/C25H21Cl2N3O2S/c26-19-12-6-13-20(27)23(19)29-22(31)16-33-25-28-21-14-5-4-11-18(21)24(32)30(25)15-7-10-17-8-2-1-3-9-17/h1-6,8-9,11-14H,7,10,15-16H2,(H,29,31). The summed E-state index contributed by atoms with van der Waals surface area (Å²) in [7, 11) is 0. The van der Waals surface area contributed by atoms with Crippen molar-refractivity contribution in [1.82, 2.24) is 9.55 Å². The number of amides is 1. The van der Waals surface area contributed by atoms with Crippen molar-refractivity contribution in [1.29, 1.82) is 0 Å². The number of nitrogens with one attached hydrogen (secondary N) is 1. The van der Waals surface area contributed by atoms with Gasteiger partial charge in [-0.2, -0.15) is 0 Å². The van der Waals surface area contributed by atoms with Gasteiger partial charge in [-0.1, -0.05) is 83.5 Å². The van der Waals surface area contributed by atoms with Crippen molar-refractivity contribution < 1.29 is 4.79 Å². The van der Waals surface area contributed by atoms with Crippen LogP contribution in [0.25, 0.3) is 10.9 Å². The molecule has 0 radical (unpaired) electrons. The van der Waals surface area contributed by atoms with E-state index in [1.165, 1.54) is 17.3 Å². The minimum Gasteiger partial charge on any atom is -0.323 e. The molecule has 33 heavy (non-hydrogen) atoms. The Balaban J connectivity index is 1.53. The van der Waals surface area contributed by atoms with Crippen LogP contribution in [0, 0.1) is 0 Å². The summed E-state index contributed by atoms with van der Waals surface area (Å²) in [6.45, 7) is 0.506. The molecule has 0 bridgehead atoms. The highest BCUT2D eigenvalue weighted by Crippen LogP contribution is 2.30. The average molecular weight is 498 g/mol. The number of anilines is 1. The number of carbonyl (C=O) groups is 1. The number of benzene rings is 3. The third kappa shape index (κ3) is 5.77. The van der Waals surface area contributed by atoms with Crippen molar-refractivity contribution in [2.24, 2.45) is 0 Å². The smallest absolute Gasteiger partial charge is 0.262 e. The van der Waals surface area contributed by atoms with Gasteiger partial charge in [-0.05, 0) is 42.7 Å². The maximum atomic E-state index is 13.2. The number of aryl methyl sites for hydroxylation is 1. The number of halogens is 2. The summed E-state index contributed by atoms with van der Waals surface area (Å²) in [5.74, 6) is -0.224. The fraction of sp³-hybridized carbons (Fsp3) is 0.160. The van der Waals surface area contributed by atoms with Gasteiger partial charge in [0.25, 0.3) is 5.56 Å². The number of aromatic nitrogens is 2. The maximum Gasteiger partial charge on any atom is 0.262 e. The van der Waals surface area contributed by atoms with Crippen LogP contribution in [0.3, 0.4) is 0 Å². The van der Waals surface area contributed by atoms with Crippen molar-refractivity contribution in [2.75, 3.05) is 11.1 Å². The highest BCUT2D eigenvalue weighted by Gasteiger charge is 2.15. The van der Waals surface area contributed by atoms with E-state index in [2.05, 4.69) is 22.4 Å². The lowest BCUT2D eigenvalue weighted by atomic mass is 10.1. The summed E-state index contributed by atoms with van der Waals surface area (Å²) in [5, 5.41) is 4.54. The van der Waals surface area contributed by atoms with Crippen LogP contribution < -0.4 is 10.9 Å². The molecule has 4 rings (SSSR count). The monoisotopic (exact) mass is 497 g/mol. The van der Waals surface area contributed by atoms with Gasteiger partial charge in [-0.25, -0.2) is 4.98 Å². The van der Waals surface area contributed by atoms with Crippen LogP contribution in [-0.2, 0) is 17.8 Å². The Kier molecular flexibility index (Phi) is 7.70. The van der Waals surface area contributed by atoms with E-state index < -0.39 is 0 Å². The number of rotatable bonds is 8. The molecular weight excluding hydrogens is 477 g/mol. The van der Waals surface area contributed by atoms with Gasteiger partial charge in [0.2, 0.25) is 5.91 Å². The highest BCUT2D eigenvalue weighted by atomic mass is 35.5. The van der Waals surface area contributed by atoms with Gasteiger partial charge in [-0.3, -0.25) is 14.2 Å². The van der Waals surface area contributed by atoms with Gasteiger partial charge in [0.05, 0.1) is 32.4 Å². The van der Waals surface area contributed by atoms with Crippen molar-refractivity contribution in [2.45, 2.75) is 24.5 Å². The van der Waals surface area contributed by atoms with Gasteiger partial charge in [0.1, 0.15) is 0 Å². The van der Waals surface area contributed by atoms with E-state index >= 15 is 0 Å². The largest absolute Gasteiger partial charge is 0.323 e. The molecule has 0 aliphatic carbocycles. The number of hydrogen-bond acceptors (Lipinski definition) is 4. The number of thioether (sulfide) groups is 1. The molecule has 1 aromatic heterocycles. The summed E-state index contributed by atoms with van der Waals surface area (Å²) in [5.41, 5.74) is 2.09. The molecule has 4 aromatic rings. The third-order valence-corrected chi connectivity index (χ3v) is 6.68. The van der Waals surface area contributed by atoms with Crippen LogP contribution in [0.4, 0.5) is 5.69 Å². The summed E-state index contributed by atoms with van der Waals surface area (Å²) in [6, 6.07) is 22.4. The van der Waals surface area contributed by atoms with Crippen molar-refractivity contribution in [3.8, 4) is 0 Å². The topological polar surface area (TPSA) is 64.0 Å². The van der Waals surface area contributed by atoms with Crippen LogP contribution >= 0.6 is 35.0 Å². The zero-order valence-electron chi connectivity index (χ0n) is 17.6. The van der Waals surface area contributed by atoms with Gasteiger partial charge in [0.15, 0.2) is 5.16 Å². The first kappa shape index (κ1) is 23.4. The number of hydrogen-bond donors (Lipinski definition) is 1. The minimum atomic E-state index is -0.284. The van der Waals surface area contributed by atoms with E-state index in [-0.39, 0.29) is 17.2 Å². The molecule has 0 saturated heterocycles. The summed E-state index contributed by atoms with van der Waals surface area (Å²) < 4.78 is 1.66. The molecule has 0 atom stereocenters. The van der Waals surface area contributed by atoms with E-state index in [0.717, 1.165) is 12.8 Å². The second-order valence-electron chi connectivity index (χ2n) is 7.39. The highest BCUT2D eigenvalue weighted by molar-refractivity contribution is 7.99. The molecular formula is C25H21Cl2N3O2S. The zero-order chi connectivity index (χ0) is 23.2. The lowest BCUT2D eigenvalue weighted by Crippen LogP contribution is -2.24. The normalized spacial score (nSPS) is 11.0. The fourth-order valence-corrected chi connectivity index (χ4v) is 4.78. The Morgan fingerprint density at radius 3 is 2.39 bits per heavy atom. The Labute approximate surface area is 205 Å². The predicted octanol–water partition coefficient (Wildman–Crippen LogP) is 6.07. The Morgan fingerprint density at radius 2 is 1.64 bits per heavy atom. The maximum absolute atomic E-state index is 13.2. The molecule has 168 valence electrons. The molecule has 3 aromatic carbocycles. The molecule has 0 spiro atoms. The second kappa shape index (κ2) is 10.9. The van der Waals surface area contributed by atoms with E-state index in [9.17, 15) is 9.59 Å². The van der Waals surface area contributed by atoms with Crippen LogP contribution in [0.15, 0.2) is 82.7 Å². The molecule has 5 nitrogen and oxygen atoms in total. The number of para-hydroxylation sites is 2. The molecule has 0 aliphatic heterocycles. The van der Waals surface area contributed by atoms with Gasteiger partial charge >= 0.3 is 0 Å². The molecule has 1 heterocycles. The molecule has 0 unspecified atom stereocenters. The second-order valence-corrected chi connectivity index (χ2v) is 9.15. The number of carbonyl (C=O) groups excluding carboxylic acids is 1. The Hall–Kier alpha value is -2.80. The molecule has 0 aliphatic rings. The Morgan fingerprint density at radius 1 is 0.939 bits per heavy atom. The summed E-state index contributed by atoms with van der Waals surface area (Å²) in [4.78, 5) is 30.4. The van der Waals surface area contributed by atoms with Gasteiger partial charge in [0, 0.05) is 6.54 Å². The minimum absolute atomic E-state index is 0.0605. The van der Waals surface area contributed by atoms with E-state index in [0.29, 0.717) is 38.3 Å². The molecule has 1 amide bonds. The third-order valence-electron chi connectivity index (χ3n) is 5.08. The van der Waals surface area contributed by atoms with Crippen LogP contribution in [0.5, 0.6) is 0 Å². The lowest BCUT2D eigenvalue weighted by Gasteiger charge is -2.14. The SMILES string of the molecule is O=C(CSc1nc2ccccc2c(=O)n1CCCc1ccccc1)Nc1c(Cl)cccc1Cl. The van der Waals surface area contributed by atoms with Crippen LogP contribution in [-0.4, -0.2) is 21.2 Å². The Bertz CT molecular complexity index is 1320. The molecule has 8 heteroatoms. The first-order valence-electron chi connectivity index (χ1n) is 10.4. The van der Waals surface area contributed by atoms with Gasteiger partial charge < -0.3 is 5.32 Å². The van der Waals surface area contributed by atoms with Crippen LogP contribution in [0.1, 0.15) is 12.0 Å². The first-order chi connectivity index (χ1) is 16.0. The lowest BCUT2D eigenvalue weighted by molar-refractivity contribution is -0.113. The van der Waals surface area contributed by atoms with Gasteiger partial charge in [-0.15, -0.1) is 0 Å². The molecule has 0 saturated carbocycles. The molecule has 0 fully saturated rings. The quantitative estimate of drug-likeness (QED) is 0.237. The summed E-state index contributed by atoms with van der Waals surface area (Å²) in [6.07, 6.45) is 1.62. The van der Waals surface area contributed by atoms with E-state index in [1.54, 1.807) is 34.9 Å².